The first kappa shape index (κ1) is 15.9. The number of piperidine rings is 1. The molecule has 3 nitrogen and oxygen atoms in total. The normalized spacial score (nSPS) is 19.1. The summed E-state index contributed by atoms with van der Waals surface area (Å²) in [7, 11) is 0. The molecule has 1 aromatic heterocycles. The maximum Gasteiger partial charge on any atom is 0.147 e. The van der Waals surface area contributed by atoms with Gasteiger partial charge in [-0.2, -0.15) is 0 Å². The Hall–Kier alpha value is -1.12. The molecule has 19 heavy (non-hydrogen) atoms. The molecule has 0 bridgehead atoms. The van der Waals surface area contributed by atoms with E-state index in [9.17, 15) is 0 Å². The van der Waals surface area contributed by atoms with Gasteiger partial charge in [0.05, 0.1) is 18.1 Å². The largest absolute Gasteiger partial charge is 0.353 e. The smallest absolute Gasteiger partial charge is 0.147 e. The third kappa shape index (κ3) is 4.81. The molecule has 108 valence electrons. The van der Waals surface area contributed by atoms with Gasteiger partial charge >= 0.3 is 0 Å². The first-order chi connectivity index (χ1) is 9.10. The summed E-state index contributed by atoms with van der Waals surface area (Å²) in [5.74, 6) is 1.50. The van der Waals surface area contributed by atoms with Gasteiger partial charge in [-0.1, -0.05) is 34.1 Å². The lowest BCUT2D eigenvalue weighted by Gasteiger charge is -2.34. The van der Waals surface area contributed by atoms with Crippen LogP contribution >= 0.6 is 0 Å². The second-order valence-electron chi connectivity index (χ2n) is 5.70. The molecule has 1 aliphatic rings. The zero-order chi connectivity index (χ0) is 14.3. The maximum absolute atomic E-state index is 4.54. The van der Waals surface area contributed by atoms with E-state index < -0.39 is 0 Å². The minimum absolute atomic E-state index is 0.459. The zero-order valence-corrected chi connectivity index (χ0v) is 13.2. The van der Waals surface area contributed by atoms with Crippen LogP contribution in [0.15, 0.2) is 12.4 Å². The second-order valence-corrected chi connectivity index (χ2v) is 5.70. The minimum Gasteiger partial charge on any atom is -0.353 e. The topological polar surface area (TPSA) is 29.0 Å². The highest BCUT2D eigenvalue weighted by atomic mass is 15.2. The highest BCUT2D eigenvalue weighted by Crippen LogP contribution is 2.22. The third-order valence-electron chi connectivity index (χ3n) is 3.35. The monoisotopic (exact) mass is 263 g/mol. The molecule has 1 atom stereocenters. The predicted octanol–water partition coefficient (Wildman–Crippen LogP) is 4.40. The fourth-order valence-electron chi connectivity index (χ4n) is 2.22. The van der Waals surface area contributed by atoms with Crippen molar-refractivity contribution in [3.05, 3.63) is 18.1 Å². The van der Waals surface area contributed by atoms with E-state index in [-0.39, 0.29) is 0 Å². The van der Waals surface area contributed by atoms with Crippen LogP contribution < -0.4 is 4.90 Å². The lowest BCUT2D eigenvalue weighted by molar-refractivity contribution is 0.480. The Morgan fingerprint density at radius 2 is 1.89 bits per heavy atom. The molecule has 0 spiro atoms. The Kier molecular flexibility index (Phi) is 6.82. The Morgan fingerprint density at radius 1 is 1.21 bits per heavy atom. The third-order valence-corrected chi connectivity index (χ3v) is 3.35. The van der Waals surface area contributed by atoms with Gasteiger partial charge in [-0.25, -0.2) is 4.98 Å². The number of aromatic nitrogens is 2. The van der Waals surface area contributed by atoms with Gasteiger partial charge in [0.25, 0.3) is 0 Å². The molecule has 1 aliphatic heterocycles. The van der Waals surface area contributed by atoms with E-state index in [4.69, 9.17) is 0 Å². The van der Waals surface area contributed by atoms with Crippen LogP contribution in [-0.4, -0.2) is 22.6 Å². The van der Waals surface area contributed by atoms with Crippen molar-refractivity contribution in [1.29, 1.82) is 0 Å². The van der Waals surface area contributed by atoms with Crippen LogP contribution in [0.2, 0.25) is 0 Å². The summed E-state index contributed by atoms with van der Waals surface area (Å²) in [4.78, 5) is 11.4. The molecular weight excluding hydrogens is 234 g/mol. The molecule has 1 unspecified atom stereocenters. The summed E-state index contributed by atoms with van der Waals surface area (Å²) >= 11 is 0. The zero-order valence-electron chi connectivity index (χ0n) is 13.2. The molecular formula is C16H29N3. The van der Waals surface area contributed by atoms with Crippen molar-refractivity contribution in [3.8, 4) is 0 Å². The van der Waals surface area contributed by atoms with Gasteiger partial charge in [-0.15, -0.1) is 0 Å². The van der Waals surface area contributed by atoms with Crippen molar-refractivity contribution in [1.82, 2.24) is 9.97 Å². The van der Waals surface area contributed by atoms with E-state index in [1.807, 2.05) is 12.4 Å². The second kappa shape index (κ2) is 8.13. The number of nitrogens with zero attached hydrogens (tertiary/aromatic N) is 3. The average Bonchev–Trinajstić information content (AvgIpc) is 2.40. The molecule has 1 fully saturated rings. The fraction of sp³-hybridized carbons (Fsp3) is 0.750. The Bertz CT molecular complexity index is 346. The summed E-state index contributed by atoms with van der Waals surface area (Å²) in [6.45, 7) is 11.9. The number of anilines is 1. The lowest BCUT2D eigenvalue weighted by atomic mass is 10.0. The van der Waals surface area contributed by atoms with Gasteiger partial charge in [-0.05, 0) is 32.1 Å². The SMILES string of the molecule is CC(C)c1cnc(N2CCCCC2C)cn1.CCC. The summed E-state index contributed by atoms with van der Waals surface area (Å²) in [5, 5.41) is 0. The van der Waals surface area contributed by atoms with E-state index in [0.717, 1.165) is 18.1 Å². The van der Waals surface area contributed by atoms with Gasteiger partial charge in [0, 0.05) is 12.6 Å². The van der Waals surface area contributed by atoms with E-state index in [1.54, 1.807) is 0 Å². The Labute approximate surface area is 118 Å². The molecule has 2 rings (SSSR count). The van der Waals surface area contributed by atoms with E-state index in [1.165, 1.54) is 25.7 Å². The van der Waals surface area contributed by atoms with Crippen LogP contribution in [0, 0.1) is 0 Å². The van der Waals surface area contributed by atoms with Gasteiger partial charge < -0.3 is 4.90 Å². The van der Waals surface area contributed by atoms with Crippen molar-refractivity contribution in [3.63, 3.8) is 0 Å². The first-order valence-corrected chi connectivity index (χ1v) is 7.68. The maximum atomic E-state index is 4.54. The van der Waals surface area contributed by atoms with Gasteiger partial charge in [0.2, 0.25) is 0 Å². The van der Waals surface area contributed by atoms with E-state index in [0.29, 0.717) is 12.0 Å². The Morgan fingerprint density at radius 3 is 2.37 bits per heavy atom. The van der Waals surface area contributed by atoms with E-state index >= 15 is 0 Å². The number of hydrogen-bond donors (Lipinski definition) is 0. The molecule has 0 aliphatic carbocycles. The van der Waals surface area contributed by atoms with Gasteiger partial charge in [0.1, 0.15) is 5.82 Å². The molecule has 0 N–H and O–H groups in total. The molecule has 1 aromatic rings. The predicted molar refractivity (Wildman–Crippen MR) is 82.7 cm³/mol. The highest BCUT2D eigenvalue weighted by Gasteiger charge is 2.19. The minimum atomic E-state index is 0.459. The van der Waals surface area contributed by atoms with Crippen LogP contribution in [-0.2, 0) is 0 Å². The molecule has 3 heteroatoms. The number of rotatable bonds is 2. The van der Waals surface area contributed by atoms with Crippen molar-refractivity contribution in [2.75, 3.05) is 11.4 Å². The van der Waals surface area contributed by atoms with Crippen LogP contribution in [0.4, 0.5) is 5.82 Å². The van der Waals surface area contributed by atoms with Gasteiger partial charge in [0.15, 0.2) is 0 Å². The van der Waals surface area contributed by atoms with Crippen molar-refractivity contribution < 1.29 is 0 Å². The summed E-state index contributed by atoms with van der Waals surface area (Å²) < 4.78 is 0. The standard InChI is InChI=1S/C13H21N3.C3H8/c1-10(2)12-8-15-13(9-14-12)16-7-5-4-6-11(16)3;1-3-2/h8-11H,4-7H2,1-3H3;3H2,1-2H3. The van der Waals surface area contributed by atoms with Crippen LogP contribution in [0.5, 0.6) is 0 Å². The fourth-order valence-corrected chi connectivity index (χ4v) is 2.22. The Balaban J connectivity index is 0.000000550. The quantitative estimate of drug-likeness (QED) is 0.792. The molecule has 0 saturated carbocycles. The molecule has 0 radical (unpaired) electrons. The number of hydrogen-bond acceptors (Lipinski definition) is 3. The molecule has 2 heterocycles. The average molecular weight is 263 g/mol. The van der Waals surface area contributed by atoms with Crippen LogP contribution in [0.25, 0.3) is 0 Å². The molecule has 0 amide bonds. The van der Waals surface area contributed by atoms with Gasteiger partial charge in [-0.3, -0.25) is 4.98 Å². The molecule has 1 saturated heterocycles. The lowest BCUT2D eigenvalue weighted by Crippen LogP contribution is -2.38. The van der Waals surface area contributed by atoms with Crippen molar-refractivity contribution in [2.24, 2.45) is 0 Å². The van der Waals surface area contributed by atoms with Crippen LogP contribution in [0.1, 0.15) is 71.9 Å². The van der Waals surface area contributed by atoms with Crippen molar-refractivity contribution in [2.45, 2.75) is 72.3 Å². The summed E-state index contributed by atoms with van der Waals surface area (Å²) in [6.07, 6.45) is 8.99. The molecule has 0 aromatic carbocycles. The van der Waals surface area contributed by atoms with E-state index in [2.05, 4.69) is 49.5 Å². The highest BCUT2D eigenvalue weighted by molar-refractivity contribution is 5.37. The van der Waals surface area contributed by atoms with Crippen molar-refractivity contribution >= 4 is 5.82 Å². The van der Waals surface area contributed by atoms with Crippen LogP contribution in [0.3, 0.4) is 0 Å². The summed E-state index contributed by atoms with van der Waals surface area (Å²) in [6, 6.07) is 0.605. The summed E-state index contributed by atoms with van der Waals surface area (Å²) in [5.41, 5.74) is 1.08. The first-order valence-electron chi connectivity index (χ1n) is 7.68.